The van der Waals surface area contributed by atoms with Crippen molar-refractivity contribution in [3.8, 4) is 0 Å². The molecule has 1 aromatic carbocycles. The van der Waals surface area contributed by atoms with Crippen molar-refractivity contribution in [2.75, 3.05) is 6.61 Å². The lowest BCUT2D eigenvalue weighted by molar-refractivity contribution is 0.0980. The molecule has 3 aromatic rings. The van der Waals surface area contributed by atoms with Crippen LogP contribution in [0.4, 0.5) is 0 Å². The van der Waals surface area contributed by atoms with Gasteiger partial charge in [-0.1, -0.05) is 18.2 Å². The maximum Gasteiger partial charge on any atom is 0.123 e. The quantitative estimate of drug-likeness (QED) is 0.805. The Kier molecular flexibility index (Phi) is 3.81. The second kappa shape index (κ2) is 6.10. The molecule has 0 unspecified atom stereocenters. The number of nitrogens with one attached hydrogen (secondary N) is 1. The van der Waals surface area contributed by atoms with Gasteiger partial charge in [0.1, 0.15) is 5.82 Å². The monoisotopic (exact) mass is 308 g/mol. The number of nitrogens with zero attached hydrogens (tertiary/aromatic N) is 3. The molecular formula is C18H20N4O. The predicted octanol–water partition coefficient (Wildman–Crippen LogP) is 2.59. The molecule has 4 rings (SSSR count). The Morgan fingerprint density at radius 1 is 1.26 bits per heavy atom. The van der Waals surface area contributed by atoms with Gasteiger partial charge >= 0.3 is 0 Å². The summed E-state index contributed by atoms with van der Waals surface area (Å²) >= 11 is 0. The van der Waals surface area contributed by atoms with Gasteiger partial charge in [-0.3, -0.25) is 4.98 Å². The number of imidazole rings is 1. The van der Waals surface area contributed by atoms with Crippen LogP contribution in [0.3, 0.4) is 0 Å². The molecule has 1 aliphatic heterocycles. The van der Waals surface area contributed by atoms with Crippen LogP contribution in [0.15, 0.2) is 48.8 Å². The molecule has 2 aromatic heterocycles. The van der Waals surface area contributed by atoms with Crippen molar-refractivity contribution in [1.82, 2.24) is 19.9 Å². The normalized spacial score (nSPS) is 21.1. The molecule has 1 N–H and O–H groups in total. The van der Waals surface area contributed by atoms with Crippen molar-refractivity contribution in [3.63, 3.8) is 0 Å². The number of aromatic nitrogens is 3. The highest BCUT2D eigenvalue weighted by atomic mass is 16.5. The molecule has 0 amide bonds. The molecule has 1 aliphatic rings. The van der Waals surface area contributed by atoms with Gasteiger partial charge in [0, 0.05) is 37.7 Å². The van der Waals surface area contributed by atoms with Crippen molar-refractivity contribution < 1.29 is 4.74 Å². The number of rotatable bonds is 4. The molecule has 0 spiro atoms. The number of para-hydroxylation sites is 2. The highest BCUT2D eigenvalue weighted by Crippen LogP contribution is 2.28. The van der Waals surface area contributed by atoms with Crippen molar-refractivity contribution in [1.29, 1.82) is 0 Å². The summed E-state index contributed by atoms with van der Waals surface area (Å²) in [5.74, 6) is 1.04. The molecule has 0 bridgehead atoms. The summed E-state index contributed by atoms with van der Waals surface area (Å²) in [4.78, 5) is 8.92. The molecule has 5 heteroatoms. The van der Waals surface area contributed by atoms with Crippen LogP contribution in [-0.4, -0.2) is 27.2 Å². The first-order valence-electron chi connectivity index (χ1n) is 7.98. The van der Waals surface area contributed by atoms with Gasteiger partial charge in [-0.15, -0.1) is 0 Å². The van der Waals surface area contributed by atoms with Gasteiger partial charge in [0.2, 0.25) is 0 Å². The van der Waals surface area contributed by atoms with Gasteiger partial charge in [0.15, 0.2) is 0 Å². The van der Waals surface area contributed by atoms with E-state index in [0.717, 1.165) is 42.0 Å². The van der Waals surface area contributed by atoms with Gasteiger partial charge in [0.25, 0.3) is 0 Å². The van der Waals surface area contributed by atoms with Crippen molar-refractivity contribution in [3.05, 3.63) is 60.2 Å². The smallest absolute Gasteiger partial charge is 0.123 e. The van der Waals surface area contributed by atoms with E-state index in [1.54, 1.807) is 6.20 Å². The minimum atomic E-state index is 0.0679. The van der Waals surface area contributed by atoms with E-state index in [9.17, 15) is 0 Å². The first-order valence-corrected chi connectivity index (χ1v) is 7.98. The molecule has 3 heterocycles. The largest absolute Gasteiger partial charge is 0.372 e. The van der Waals surface area contributed by atoms with E-state index in [2.05, 4.69) is 40.1 Å². The minimum Gasteiger partial charge on any atom is -0.372 e. The Labute approximate surface area is 135 Å². The number of benzene rings is 1. The highest BCUT2D eigenvalue weighted by molar-refractivity contribution is 5.75. The van der Waals surface area contributed by atoms with Gasteiger partial charge in [-0.2, -0.15) is 0 Å². The molecule has 2 atom stereocenters. The van der Waals surface area contributed by atoms with E-state index in [0.29, 0.717) is 6.04 Å². The van der Waals surface area contributed by atoms with Gasteiger partial charge < -0.3 is 14.6 Å². The lowest BCUT2D eigenvalue weighted by Gasteiger charge is -2.19. The summed E-state index contributed by atoms with van der Waals surface area (Å²) < 4.78 is 8.05. The lowest BCUT2D eigenvalue weighted by atomic mass is 10.0. The van der Waals surface area contributed by atoms with E-state index in [1.807, 2.05) is 24.4 Å². The van der Waals surface area contributed by atoms with Crippen LogP contribution in [0.25, 0.3) is 11.0 Å². The molecule has 1 saturated heterocycles. The number of aryl methyl sites for hydroxylation is 1. The minimum absolute atomic E-state index is 0.0679. The van der Waals surface area contributed by atoms with Gasteiger partial charge in [0.05, 0.1) is 23.7 Å². The Hall–Kier alpha value is -2.24. The maximum absolute atomic E-state index is 5.90. The van der Waals surface area contributed by atoms with Crippen LogP contribution in [-0.2, 0) is 18.3 Å². The Morgan fingerprint density at radius 3 is 3.00 bits per heavy atom. The number of fused-ring (bicyclic) bond motifs is 1. The third-order valence-electron chi connectivity index (χ3n) is 4.51. The summed E-state index contributed by atoms with van der Waals surface area (Å²) in [7, 11) is 2.07. The molecule has 118 valence electrons. The van der Waals surface area contributed by atoms with Crippen LogP contribution in [0.5, 0.6) is 0 Å². The van der Waals surface area contributed by atoms with Crippen LogP contribution in [0.1, 0.15) is 23.9 Å². The third-order valence-corrected chi connectivity index (χ3v) is 4.51. The fourth-order valence-electron chi connectivity index (χ4n) is 3.25. The number of hydrogen-bond donors (Lipinski definition) is 1. The second-order valence-corrected chi connectivity index (χ2v) is 5.93. The lowest BCUT2D eigenvalue weighted by Crippen LogP contribution is -2.32. The van der Waals surface area contributed by atoms with Crippen LogP contribution in [0.2, 0.25) is 0 Å². The first-order chi connectivity index (χ1) is 11.3. The number of pyridine rings is 1. The summed E-state index contributed by atoms with van der Waals surface area (Å²) in [6.45, 7) is 1.51. The second-order valence-electron chi connectivity index (χ2n) is 5.93. The highest BCUT2D eigenvalue weighted by Gasteiger charge is 2.29. The fraction of sp³-hybridized carbons (Fsp3) is 0.333. The molecule has 23 heavy (non-hydrogen) atoms. The molecule has 0 radical (unpaired) electrons. The predicted molar refractivity (Wildman–Crippen MR) is 88.9 cm³/mol. The first kappa shape index (κ1) is 14.4. The zero-order valence-electron chi connectivity index (χ0n) is 13.1. The van der Waals surface area contributed by atoms with Crippen molar-refractivity contribution >= 4 is 11.0 Å². The van der Waals surface area contributed by atoms with E-state index in [-0.39, 0.29) is 6.10 Å². The van der Waals surface area contributed by atoms with E-state index in [4.69, 9.17) is 9.72 Å². The summed E-state index contributed by atoms with van der Waals surface area (Å²) in [6, 6.07) is 12.5. The Morgan fingerprint density at radius 2 is 2.17 bits per heavy atom. The Balaban J connectivity index is 1.50. The molecule has 0 aliphatic carbocycles. The van der Waals surface area contributed by atoms with E-state index >= 15 is 0 Å². The van der Waals surface area contributed by atoms with Crippen LogP contribution >= 0.6 is 0 Å². The summed E-state index contributed by atoms with van der Waals surface area (Å²) in [5.41, 5.74) is 3.33. The molecule has 1 fully saturated rings. The summed E-state index contributed by atoms with van der Waals surface area (Å²) in [5, 5.41) is 3.61. The average Bonchev–Trinajstić information content (AvgIpc) is 3.19. The van der Waals surface area contributed by atoms with Gasteiger partial charge in [-0.05, 0) is 24.6 Å². The molecular weight excluding hydrogens is 288 g/mol. The summed E-state index contributed by atoms with van der Waals surface area (Å²) in [6.07, 6.45) is 4.75. The zero-order chi connectivity index (χ0) is 15.6. The van der Waals surface area contributed by atoms with E-state index < -0.39 is 0 Å². The number of hydrogen-bond acceptors (Lipinski definition) is 4. The molecule has 5 nitrogen and oxygen atoms in total. The van der Waals surface area contributed by atoms with Crippen molar-refractivity contribution in [2.24, 2.45) is 7.05 Å². The van der Waals surface area contributed by atoms with Crippen LogP contribution in [0, 0.1) is 0 Å². The van der Waals surface area contributed by atoms with Gasteiger partial charge in [-0.25, -0.2) is 4.98 Å². The number of ether oxygens (including phenoxy) is 1. The average molecular weight is 308 g/mol. The molecule has 0 saturated carbocycles. The van der Waals surface area contributed by atoms with Crippen molar-refractivity contribution in [2.45, 2.75) is 25.1 Å². The topological polar surface area (TPSA) is 52.0 Å². The van der Waals surface area contributed by atoms with E-state index in [1.165, 1.54) is 0 Å². The van der Waals surface area contributed by atoms with Crippen LogP contribution < -0.4 is 5.32 Å². The SMILES string of the molecule is Cn1c(CN[C@H]2CCO[C@@H]2c2cccnc2)nc2ccccc21. The maximum atomic E-state index is 5.90. The Bertz CT molecular complexity index is 799. The fourth-order valence-corrected chi connectivity index (χ4v) is 3.25. The third kappa shape index (κ3) is 2.73. The standard InChI is InChI=1S/C18H20N4O/c1-22-16-7-3-2-6-14(16)21-17(22)12-20-15-8-10-23-18(15)13-5-4-9-19-11-13/h2-7,9,11,15,18,20H,8,10,12H2,1H3/t15-,18+/m0/s1. The zero-order valence-corrected chi connectivity index (χ0v) is 13.1.